The van der Waals surface area contributed by atoms with Gasteiger partial charge in [-0.15, -0.1) is 0 Å². The van der Waals surface area contributed by atoms with E-state index in [1.54, 1.807) is 30.3 Å². The molecule has 3 rings (SSSR count). The van der Waals surface area contributed by atoms with Crippen LogP contribution in [0.5, 0.6) is 0 Å². The standard InChI is InChI=1S/C26H31NO4S/c1-18-15-20(26(3,4)5)16-19(2)23(18)13-14-27-25(28)24-12-11-21(31-24)17-32(29,30)22-9-7-6-8-10-22/h6-12,15-16H,13-14,17H2,1-5H3,(H,27,28). The normalized spacial score (nSPS) is 12.0. The third kappa shape index (κ3) is 5.68. The number of carbonyl (C=O) groups excluding carboxylic acids is 1. The van der Waals surface area contributed by atoms with E-state index in [0.29, 0.717) is 13.0 Å². The molecule has 1 heterocycles. The van der Waals surface area contributed by atoms with Crippen LogP contribution >= 0.6 is 0 Å². The van der Waals surface area contributed by atoms with Gasteiger partial charge in [0.15, 0.2) is 15.6 Å². The Morgan fingerprint density at radius 1 is 0.969 bits per heavy atom. The molecule has 0 fully saturated rings. The number of nitrogens with one attached hydrogen (secondary N) is 1. The van der Waals surface area contributed by atoms with Crippen molar-refractivity contribution in [3.05, 3.63) is 88.4 Å². The minimum Gasteiger partial charge on any atom is -0.455 e. The van der Waals surface area contributed by atoms with Crippen molar-refractivity contribution < 1.29 is 17.6 Å². The molecule has 2 aromatic carbocycles. The molecule has 0 radical (unpaired) electrons. The van der Waals surface area contributed by atoms with Crippen LogP contribution in [-0.4, -0.2) is 20.9 Å². The summed E-state index contributed by atoms with van der Waals surface area (Å²) in [6, 6.07) is 15.7. The molecule has 3 aromatic rings. The molecule has 5 nitrogen and oxygen atoms in total. The maximum absolute atomic E-state index is 12.5. The molecular formula is C26H31NO4S. The van der Waals surface area contributed by atoms with E-state index in [1.165, 1.54) is 34.4 Å². The first-order valence-corrected chi connectivity index (χ1v) is 12.4. The minimum atomic E-state index is -3.53. The Balaban J connectivity index is 1.61. The fourth-order valence-corrected chi connectivity index (χ4v) is 4.95. The molecule has 0 spiro atoms. The van der Waals surface area contributed by atoms with Crippen molar-refractivity contribution in [3.8, 4) is 0 Å². The Labute approximate surface area is 190 Å². The summed E-state index contributed by atoms with van der Waals surface area (Å²) in [6.07, 6.45) is 0.712. The Morgan fingerprint density at radius 2 is 1.59 bits per heavy atom. The van der Waals surface area contributed by atoms with Crippen LogP contribution in [0.15, 0.2) is 63.9 Å². The van der Waals surface area contributed by atoms with Crippen LogP contribution in [0.4, 0.5) is 0 Å². The summed E-state index contributed by atoms with van der Waals surface area (Å²) < 4.78 is 30.5. The van der Waals surface area contributed by atoms with Gasteiger partial charge in [0.25, 0.3) is 5.91 Å². The summed E-state index contributed by atoms with van der Waals surface area (Å²) in [5, 5.41) is 2.87. The third-order valence-electron chi connectivity index (χ3n) is 5.54. The number of aryl methyl sites for hydroxylation is 2. The van der Waals surface area contributed by atoms with Gasteiger partial charge >= 0.3 is 0 Å². The maximum atomic E-state index is 12.5. The topological polar surface area (TPSA) is 76.4 Å². The molecule has 0 bridgehead atoms. The van der Waals surface area contributed by atoms with E-state index in [-0.39, 0.29) is 33.5 Å². The van der Waals surface area contributed by atoms with Gasteiger partial charge < -0.3 is 9.73 Å². The highest BCUT2D eigenvalue weighted by Gasteiger charge is 2.20. The second-order valence-electron chi connectivity index (χ2n) is 9.18. The van der Waals surface area contributed by atoms with Gasteiger partial charge in [-0.2, -0.15) is 0 Å². The van der Waals surface area contributed by atoms with E-state index in [0.717, 1.165) is 0 Å². The van der Waals surface area contributed by atoms with Crippen molar-refractivity contribution in [1.82, 2.24) is 5.32 Å². The zero-order valence-corrected chi connectivity index (χ0v) is 20.2. The smallest absolute Gasteiger partial charge is 0.287 e. The molecular weight excluding hydrogens is 422 g/mol. The van der Waals surface area contributed by atoms with E-state index in [2.05, 4.69) is 52.1 Å². The molecule has 0 saturated heterocycles. The largest absolute Gasteiger partial charge is 0.455 e. The predicted octanol–water partition coefficient (Wildman–Crippen LogP) is 5.14. The zero-order valence-electron chi connectivity index (χ0n) is 19.4. The van der Waals surface area contributed by atoms with Crippen LogP contribution in [-0.2, 0) is 27.4 Å². The quantitative estimate of drug-likeness (QED) is 0.537. The van der Waals surface area contributed by atoms with Crippen molar-refractivity contribution in [2.45, 2.75) is 57.1 Å². The van der Waals surface area contributed by atoms with Gasteiger partial charge in [0, 0.05) is 6.54 Å². The molecule has 6 heteroatoms. The molecule has 0 aliphatic carbocycles. The molecule has 0 aliphatic heterocycles. The first-order chi connectivity index (χ1) is 15.0. The van der Waals surface area contributed by atoms with Crippen LogP contribution in [0.25, 0.3) is 0 Å². The van der Waals surface area contributed by atoms with E-state index in [4.69, 9.17) is 4.42 Å². The third-order valence-corrected chi connectivity index (χ3v) is 7.20. The first-order valence-electron chi connectivity index (χ1n) is 10.7. The monoisotopic (exact) mass is 453 g/mol. The summed E-state index contributed by atoms with van der Waals surface area (Å²) in [7, 11) is -3.53. The number of sulfone groups is 1. The van der Waals surface area contributed by atoms with E-state index in [1.807, 2.05) is 0 Å². The highest BCUT2D eigenvalue weighted by molar-refractivity contribution is 7.90. The van der Waals surface area contributed by atoms with Crippen LogP contribution in [0.3, 0.4) is 0 Å². The number of hydrogen-bond donors (Lipinski definition) is 1. The molecule has 0 unspecified atom stereocenters. The lowest BCUT2D eigenvalue weighted by atomic mass is 9.83. The minimum absolute atomic E-state index is 0.0905. The molecule has 0 saturated carbocycles. The second kappa shape index (κ2) is 9.33. The second-order valence-corrected chi connectivity index (χ2v) is 11.2. The van der Waals surface area contributed by atoms with Crippen molar-refractivity contribution in [2.75, 3.05) is 6.54 Å². The average Bonchev–Trinajstić information content (AvgIpc) is 3.17. The van der Waals surface area contributed by atoms with Crippen molar-refractivity contribution in [3.63, 3.8) is 0 Å². The molecule has 1 aromatic heterocycles. The van der Waals surface area contributed by atoms with Crippen LogP contribution < -0.4 is 5.32 Å². The molecule has 1 amide bonds. The number of hydrogen-bond acceptors (Lipinski definition) is 4. The number of amides is 1. The van der Waals surface area contributed by atoms with Crippen molar-refractivity contribution >= 4 is 15.7 Å². The van der Waals surface area contributed by atoms with Crippen molar-refractivity contribution in [1.29, 1.82) is 0 Å². The van der Waals surface area contributed by atoms with Gasteiger partial charge in [-0.1, -0.05) is 51.1 Å². The summed E-state index contributed by atoms with van der Waals surface area (Å²) in [5.74, 6) is -0.291. The molecule has 1 N–H and O–H groups in total. The fourth-order valence-electron chi connectivity index (χ4n) is 3.68. The summed E-state index contributed by atoms with van der Waals surface area (Å²) >= 11 is 0. The zero-order chi connectivity index (χ0) is 23.5. The van der Waals surface area contributed by atoms with E-state index < -0.39 is 9.84 Å². The lowest BCUT2D eigenvalue weighted by Gasteiger charge is -2.22. The maximum Gasteiger partial charge on any atom is 0.287 e. The predicted molar refractivity (Wildman–Crippen MR) is 127 cm³/mol. The Hall–Kier alpha value is -2.86. The van der Waals surface area contributed by atoms with Gasteiger partial charge in [-0.25, -0.2) is 8.42 Å². The SMILES string of the molecule is Cc1cc(C(C)(C)C)cc(C)c1CCNC(=O)c1ccc(CS(=O)(=O)c2ccccc2)o1. The fraction of sp³-hybridized carbons (Fsp3) is 0.346. The molecule has 170 valence electrons. The van der Waals surface area contributed by atoms with Crippen LogP contribution in [0.2, 0.25) is 0 Å². The number of furan rings is 1. The first kappa shape index (κ1) is 23.8. The number of rotatable bonds is 7. The molecule has 32 heavy (non-hydrogen) atoms. The highest BCUT2D eigenvalue weighted by Crippen LogP contribution is 2.27. The highest BCUT2D eigenvalue weighted by atomic mass is 32.2. The Kier molecular flexibility index (Phi) is 6.94. The van der Waals surface area contributed by atoms with Gasteiger partial charge in [-0.3, -0.25) is 4.79 Å². The summed E-state index contributed by atoms with van der Waals surface area (Å²) in [6.45, 7) is 11.3. The molecule has 0 atom stereocenters. The lowest BCUT2D eigenvalue weighted by Crippen LogP contribution is -2.25. The van der Waals surface area contributed by atoms with E-state index in [9.17, 15) is 13.2 Å². The van der Waals surface area contributed by atoms with Gasteiger partial charge in [0.05, 0.1) is 4.90 Å². The van der Waals surface area contributed by atoms with E-state index >= 15 is 0 Å². The van der Waals surface area contributed by atoms with Crippen molar-refractivity contribution in [2.24, 2.45) is 0 Å². The lowest BCUT2D eigenvalue weighted by molar-refractivity contribution is 0.0925. The molecule has 0 aliphatic rings. The van der Waals surface area contributed by atoms with Gasteiger partial charge in [-0.05, 0) is 72.2 Å². The summed E-state index contributed by atoms with van der Waals surface area (Å²) in [5.41, 5.74) is 5.06. The van der Waals surface area contributed by atoms with Crippen LogP contribution in [0.1, 0.15) is 59.3 Å². The number of benzene rings is 2. The Morgan fingerprint density at radius 3 is 2.19 bits per heavy atom. The number of carbonyl (C=O) groups is 1. The van der Waals surface area contributed by atoms with Gasteiger partial charge in [0.1, 0.15) is 11.5 Å². The average molecular weight is 454 g/mol. The van der Waals surface area contributed by atoms with Gasteiger partial charge in [0.2, 0.25) is 0 Å². The Bertz CT molecular complexity index is 1180. The summed E-state index contributed by atoms with van der Waals surface area (Å²) in [4.78, 5) is 12.7. The van der Waals surface area contributed by atoms with Crippen LogP contribution in [0, 0.1) is 13.8 Å².